The van der Waals surface area contributed by atoms with Crippen LogP contribution in [-0.2, 0) is 0 Å². The summed E-state index contributed by atoms with van der Waals surface area (Å²) in [6.07, 6.45) is 1.58. The Morgan fingerprint density at radius 1 is 1.45 bits per heavy atom. The molecular weight excluding hydrogens is 143 g/mol. The van der Waals surface area contributed by atoms with Crippen molar-refractivity contribution in [2.24, 2.45) is 0 Å². The van der Waals surface area contributed by atoms with E-state index in [0.717, 1.165) is 5.56 Å². The van der Waals surface area contributed by atoms with E-state index in [2.05, 4.69) is 6.58 Å². The smallest absolute Gasteiger partial charge is 0.127 e. The van der Waals surface area contributed by atoms with Gasteiger partial charge in [-0.1, -0.05) is 12.7 Å². The molecule has 11 heavy (non-hydrogen) atoms. The SMILES string of the molecule is C=Cc1cc(F)cc(OC)c1. The normalized spacial score (nSPS) is 9.27. The monoisotopic (exact) mass is 152 g/mol. The molecule has 0 saturated heterocycles. The van der Waals surface area contributed by atoms with Gasteiger partial charge in [-0.15, -0.1) is 0 Å². The molecule has 58 valence electrons. The quantitative estimate of drug-likeness (QED) is 0.632. The molecule has 0 spiro atoms. The zero-order valence-electron chi connectivity index (χ0n) is 6.30. The fraction of sp³-hybridized carbons (Fsp3) is 0.111. The van der Waals surface area contributed by atoms with Crippen LogP contribution >= 0.6 is 0 Å². The Morgan fingerprint density at radius 3 is 2.73 bits per heavy atom. The van der Waals surface area contributed by atoms with Crippen molar-refractivity contribution in [3.8, 4) is 5.75 Å². The molecule has 0 bridgehead atoms. The Kier molecular flexibility index (Phi) is 2.26. The zero-order valence-corrected chi connectivity index (χ0v) is 6.30. The molecule has 0 N–H and O–H groups in total. The molecule has 0 radical (unpaired) electrons. The lowest BCUT2D eigenvalue weighted by molar-refractivity contribution is 0.411. The molecule has 2 heteroatoms. The van der Waals surface area contributed by atoms with E-state index in [-0.39, 0.29) is 5.82 Å². The maximum atomic E-state index is 12.7. The van der Waals surface area contributed by atoms with Gasteiger partial charge in [0, 0.05) is 6.07 Å². The highest BCUT2D eigenvalue weighted by molar-refractivity contribution is 5.49. The van der Waals surface area contributed by atoms with Crippen molar-refractivity contribution in [2.75, 3.05) is 7.11 Å². The summed E-state index contributed by atoms with van der Waals surface area (Å²) in [6, 6.07) is 4.44. The predicted molar refractivity (Wildman–Crippen MR) is 43.0 cm³/mol. The summed E-state index contributed by atoms with van der Waals surface area (Å²) in [7, 11) is 1.50. The maximum Gasteiger partial charge on any atom is 0.127 e. The first kappa shape index (κ1) is 7.79. The van der Waals surface area contributed by atoms with Gasteiger partial charge in [0.25, 0.3) is 0 Å². The largest absolute Gasteiger partial charge is 0.497 e. The van der Waals surface area contributed by atoms with E-state index in [0.29, 0.717) is 5.75 Å². The van der Waals surface area contributed by atoms with Gasteiger partial charge in [-0.3, -0.25) is 0 Å². The van der Waals surface area contributed by atoms with Gasteiger partial charge in [0.1, 0.15) is 11.6 Å². The van der Waals surface area contributed by atoms with Crippen LogP contribution < -0.4 is 4.74 Å². The molecule has 0 heterocycles. The topological polar surface area (TPSA) is 9.23 Å². The third kappa shape index (κ3) is 1.80. The van der Waals surface area contributed by atoms with Gasteiger partial charge in [0.15, 0.2) is 0 Å². The molecular formula is C9H9FO. The molecule has 0 aromatic heterocycles. The third-order valence-electron chi connectivity index (χ3n) is 1.37. The van der Waals surface area contributed by atoms with Crippen LogP contribution in [0, 0.1) is 5.82 Å². The van der Waals surface area contributed by atoms with Gasteiger partial charge >= 0.3 is 0 Å². The van der Waals surface area contributed by atoms with Crippen LogP contribution in [0.4, 0.5) is 4.39 Å². The van der Waals surface area contributed by atoms with E-state index in [1.165, 1.54) is 19.2 Å². The maximum absolute atomic E-state index is 12.7. The summed E-state index contributed by atoms with van der Waals surface area (Å²) >= 11 is 0. The Bertz CT molecular complexity index is 268. The van der Waals surface area contributed by atoms with E-state index in [4.69, 9.17) is 4.74 Å². The van der Waals surface area contributed by atoms with E-state index >= 15 is 0 Å². The summed E-state index contributed by atoms with van der Waals surface area (Å²) in [5.41, 5.74) is 0.724. The fourth-order valence-electron chi connectivity index (χ4n) is 0.820. The number of halogens is 1. The van der Waals surface area contributed by atoms with Gasteiger partial charge in [-0.05, 0) is 17.7 Å². The summed E-state index contributed by atoms with van der Waals surface area (Å²) in [4.78, 5) is 0. The summed E-state index contributed by atoms with van der Waals surface area (Å²) < 4.78 is 17.5. The van der Waals surface area contributed by atoms with Crippen molar-refractivity contribution in [1.82, 2.24) is 0 Å². The van der Waals surface area contributed by atoms with Crippen LogP contribution in [0.3, 0.4) is 0 Å². The van der Waals surface area contributed by atoms with Gasteiger partial charge in [-0.2, -0.15) is 0 Å². The summed E-state index contributed by atoms with van der Waals surface area (Å²) in [6.45, 7) is 3.53. The number of rotatable bonds is 2. The lowest BCUT2D eigenvalue weighted by atomic mass is 10.2. The number of benzene rings is 1. The number of ether oxygens (including phenoxy) is 1. The van der Waals surface area contributed by atoms with Crippen LogP contribution in [0.2, 0.25) is 0 Å². The minimum atomic E-state index is -0.306. The van der Waals surface area contributed by atoms with Gasteiger partial charge in [-0.25, -0.2) is 4.39 Å². The standard InChI is InChI=1S/C9H9FO/c1-3-7-4-8(10)6-9(5-7)11-2/h3-6H,1H2,2H3. The molecule has 0 unspecified atom stereocenters. The summed E-state index contributed by atoms with van der Waals surface area (Å²) in [5.74, 6) is 0.208. The highest BCUT2D eigenvalue weighted by Crippen LogP contribution is 2.16. The van der Waals surface area contributed by atoms with Crippen molar-refractivity contribution >= 4 is 6.08 Å². The lowest BCUT2D eigenvalue weighted by Crippen LogP contribution is -1.85. The molecule has 0 aliphatic rings. The zero-order chi connectivity index (χ0) is 8.27. The van der Waals surface area contributed by atoms with Crippen LogP contribution in [0.5, 0.6) is 5.75 Å². The van der Waals surface area contributed by atoms with Crippen molar-refractivity contribution in [2.45, 2.75) is 0 Å². The van der Waals surface area contributed by atoms with E-state index < -0.39 is 0 Å². The number of methoxy groups -OCH3 is 1. The van der Waals surface area contributed by atoms with Gasteiger partial charge in [0.2, 0.25) is 0 Å². The first-order valence-corrected chi connectivity index (χ1v) is 3.23. The predicted octanol–water partition coefficient (Wildman–Crippen LogP) is 2.48. The average Bonchev–Trinajstić information content (AvgIpc) is 2.03. The Labute approximate surface area is 65.1 Å². The van der Waals surface area contributed by atoms with E-state index in [1.807, 2.05) is 0 Å². The van der Waals surface area contributed by atoms with Gasteiger partial charge in [0.05, 0.1) is 7.11 Å². The molecule has 0 amide bonds. The third-order valence-corrected chi connectivity index (χ3v) is 1.37. The molecule has 0 fully saturated rings. The Morgan fingerprint density at radius 2 is 2.18 bits per heavy atom. The first-order chi connectivity index (χ1) is 5.26. The molecule has 0 saturated carbocycles. The second-order valence-electron chi connectivity index (χ2n) is 2.13. The molecule has 1 nitrogen and oxygen atoms in total. The average molecular weight is 152 g/mol. The van der Waals surface area contributed by atoms with E-state index in [1.54, 1.807) is 12.1 Å². The highest BCUT2D eigenvalue weighted by atomic mass is 19.1. The van der Waals surface area contributed by atoms with Crippen molar-refractivity contribution in [3.63, 3.8) is 0 Å². The fourth-order valence-corrected chi connectivity index (χ4v) is 0.820. The van der Waals surface area contributed by atoms with E-state index in [9.17, 15) is 4.39 Å². The lowest BCUT2D eigenvalue weighted by Gasteiger charge is -2.00. The van der Waals surface area contributed by atoms with Crippen LogP contribution in [0.1, 0.15) is 5.56 Å². The highest BCUT2D eigenvalue weighted by Gasteiger charge is 1.96. The molecule has 0 atom stereocenters. The number of hydrogen-bond donors (Lipinski definition) is 0. The van der Waals surface area contributed by atoms with Crippen LogP contribution in [0.25, 0.3) is 6.08 Å². The van der Waals surface area contributed by atoms with Crippen molar-refractivity contribution < 1.29 is 9.13 Å². The van der Waals surface area contributed by atoms with Crippen LogP contribution in [-0.4, -0.2) is 7.11 Å². The minimum absolute atomic E-state index is 0.306. The minimum Gasteiger partial charge on any atom is -0.497 e. The first-order valence-electron chi connectivity index (χ1n) is 3.23. The van der Waals surface area contributed by atoms with Crippen LogP contribution in [0.15, 0.2) is 24.8 Å². The molecule has 1 aromatic rings. The summed E-state index contributed by atoms with van der Waals surface area (Å²) in [5, 5.41) is 0. The Balaban J connectivity index is 3.11. The second kappa shape index (κ2) is 3.19. The molecule has 0 aliphatic carbocycles. The Hall–Kier alpha value is -1.31. The molecule has 1 aromatic carbocycles. The van der Waals surface area contributed by atoms with Gasteiger partial charge < -0.3 is 4.74 Å². The number of hydrogen-bond acceptors (Lipinski definition) is 1. The van der Waals surface area contributed by atoms with Crippen molar-refractivity contribution in [1.29, 1.82) is 0 Å². The van der Waals surface area contributed by atoms with Crippen molar-refractivity contribution in [3.05, 3.63) is 36.2 Å². The second-order valence-corrected chi connectivity index (χ2v) is 2.13. The molecule has 0 aliphatic heterocycles. The molecule has 1 rings (SSSR count).